The largest absolute Gasteiger partial charge is 0.508 e. The van der Waals surface area contributed by atoms with Gasteiger partial charge in [0.25, 0.3) is 5.91 Å². The van der Waals surface area contributed by atoms with Crippen molar-refractivity contribution in [1.29, 1.82) is 0 Å². The molecule has 0 saturated heterocycles. The van der Waals surface area contributed by atoms with Crippen LogP contribution in [0.15, 0.2) is 24.3 Å². The maximum atomic E-state index is 9.24. The van der Waals surface area contributed by atoms with E-state index in [0.717, 1.165) is 0 Å². The molecule has 0 spiro atoms. The van der Waals surface area contributed by atoms with E-state index in [9.17, 15) is 5.11 Å². The molecule has 0 aliphatic heterocycles. The van der Waals surface area contributed by atoms with E-state index in [1.165, 1.54) is 24.3 Å². The van der Waals surface area contributed by atoms with Gasteiger partial charge in [-0.15, -0.1) is 0 Å². The lowest BCUT2D eigenvalue weighted by atomic mass is 10.1. The van der Waals surface area contributed by atoms with E-state index in [4.69, 9.17) is 21.1 Å². The van der Waals surface area contributed by atoms with Crippen LogP contribution in [0.4, 0.5) is 0 Å². The van der Waals surface area contributed by atoms with Gasteiger partial charge in [0.05, 0.1) is 0 Å². The molecular weight excluding hydrogens is 174 g/mol. The molecule has 5 nitrogen and oxygen atoms in total. The molecule has 0 saturated carbocycles. The van der Waals surface area contributed by atoms with Gasteiger partial charge in [-0.3, -0.25) is 5.73 Å². The number of aliphatic hydroxyl groups is 3. The maximum absolute atomic E-state index is 9.24. The third-order valence-electron chi connectivity index (χ3n) is 1.61. The van der Waals surface area contributed by atoms with Crippen molar-refractivity contribution in [2.45, 2.75) is 12.0 Å². The number of phenolic OH excluding ortho intramolecular Hbond substituents is 1. The summed E-state index contributed by atoms with van der Waals surface area (Å²) in [4.78, 5) is 0. The van der Waals surface area contributed by atoms with Gasteiger partial charge in [0.1, 0.15) is 11.9 Å². The maximum Gasteiger partial charge on any atom is 0.251 e. The van der Waals surface area contributed by atoms with Gasteiger partial charge in [-0.2, -0.15) is 0 Å². The van der Waals surface area contributed by atoms with E-state index >= 15 is 0 Å². The molecule has 0 fully saturated rings. The Morgan fingerprint density at radius 1 is 1.15 bits per heavy atom. The zero-order valence-corrected chi connectivity index (χ0v) is 6.75. The monoisotopic (exact) mass is 185 g/mol. The van der Waals surface area contributed by atoms with E-state index in [1.54, 1.807) is 0 Å². The van der Waals surface area contributed by atoms with Crippen LogP contribution in [0.2, 0.25) is 0 Å². The Bertz CT molecular complexity index is 277. The second-order valence-electron chi connectivity index (χ2n) is 2.78. The Morgan fingerprint density at radius 2 is 1.62 bits per heavy atom. The van der Waals surface area contributed by atoms with E-state index in [0.29, 0.717) is 0 Å². The van der Waals surface area contributed by atoms with Gasteiger partial charge in [0.15, 0.2) is 0 Å². The lowest BCUT2D eigenvalue weighted by Gasteiger charge is -2.22. The first-order chi connectivity index (χ1) is 5.91. The Morgan fingerprint density at radius 3 is 2.00 bits per heavy atom. The molecule has 72 valence electrons. The molecule has 0 amide bonds. The number of hydrogen-bond donors (Lipinski definition) is 5. The fraction of sp³-hybridized carbons (Fsp3) is 0.250. The van der Waals surface area contributed by atoms with E-state index in [2.05, 4.69) is 0 Å². The first-order valence-corrected chi connectivity index (χ1v) is 3.62. The predicted molar refractivity (Wildman–Crippen MR) is 44.4 cm³/mol. The fourth-order valence-corrected chi connectivity index (χ4v) is 0.902. The third kappa shape index (κ3) is 2.40. The van der Waals surface area contributed by atoms with Crippen LogP contribution in [0, 0.1) is 0 Å². The second kappa shape index (κ2) is 3.31. The van der Waals surface area contributed by atoms with Gasteiger partial charge in [0, 0.05) is 0 Å². The molecule has 0 aromatic heterocycles. The van der Waals surface area contributed by atoms with Crippen LogP contribution in [0.1, 0.15) is 11.7 Å². The van der Waals surface area contributed by atoms with Crippen molar-refractivity contribution < 1.29 is 20.4 Å². The van der Waals surface area contributed by atoms with E-state index < -0.39 is 12.0 Å². The van der Waals surface area contributed by atoms with Crippen LogP contribution in [0.25, 0.3) is 0 Å². The lowest BCUT2D eigenvalue weighted by Crippen LogP contribution is -2.45. The van der Waals surface area contributed by atoms with Crippen LogP contribution < -0.4 is 5.73 Å². The summed E-state index contributed by atoms with van der Waals surface area (Å²) >= 11 is 0. The number of benzene rings is 1. The molecule has 1 unspecified atom stereocenters. The Kier molecular flexibility index (Phi) is 2.53. The van der Waals surface area contributed by atoms with Crippen molar-refractivity contribution in [3.63, 3.8) is 0 Å². The number of aromatic hydroxyl groups is 1. The average Bonchev–Trinajstić information content (AvgIpc) is 2.03. The molecule has 1 aromatic carbocycles. The molecule has 0 bridgehead atoms. The number of aliphatic hydroxyl groups excluding tert-OH is 1. The SMILES string of the molecule is NC(O)(O)C(O)c1ccc(O)cc1. The predicted octanol–water partition coefficient (Wildman–Crippen LogP) is -0.977. The van der Waals surface area contributed by atoms with Crippen molar-refractivity contribution in [3.05, 3.63) is 29.8 Å². The molecule has 1 atom stereocenters. The summed E-state index contributed by atoms with van der Waals surface area (Å²) in [5.41, 5.74) is 5.06. The molecule has 0 aliphatic rings. The van der Waals surface area contributed by atoms with Crippen LogP contribution >= 0.6 is 0 Å². The van der Waals surface area contributed by atoms with Gasteiger partial charge < -0.3 is 20.4 Å². The Hall–Kier alpha value is -1.14. The highest BCUT2D eigenvalue weighted by Gasteiger charge is 2.29. The van der Waals surface area contributed by atoms with Crippen molar-refractivity contribution in [2.24, 2.45) is 5.73 Å². The first kappa shape index (κ1) is 9.94. The highest BCUT2D eigenvalue weighted by atomic mass is 16.5. The van der Waals surface area contributed by atoms with Gasteiger partial charge in [-0.25, -0.2) is 0 Å². The summed E-state index contributed by atoms with van der Waals surface area (Å²) in [6.07, 6.45) is -1.60. The second-order valence-corrected chi connectivity index (χ2v) is 2.78. The van der Waals surface area contributed by atoms with Crippen LogP contribution in [-0.4, -0.2) is 26.3 Å². The van der Waals surface area contributed by atoms with Gasteiger partial charge in [-0.05, 0) is 17.7 Å². The number of hydrogen-bond acceptors (Lipinski definition) is 5. The lowest BCUT2D eigenvalue weighted by molar-refractivity contribution is -0.223. The molecule has 5 heteroatoms. The minimum atomic E-state index is -2.67. The Balaban J connectivity index is 2.90. The molecule has 6 N–H and O–H groups in total. The number of nitrogens with two attached hydrogens (primary N) is 1. The van der Waals surface area contributed by atoms with Crippen molar-refractivity contribution in [2.75, 3.05) is 0 Å². The minimum absolute atomic E-state index is 0.0226. The first-order valence-electron chi connectivity index (χ1n) is 3.62. The molecule has 1 rings (SSSR count). The van der Waals surface area contributed by atoms with Crippen molar-refractivity contribution in [1.82, 2.24) is 0 Å². The smallest absolute Gasteiger partial charge is 0.251 e. The van der Waals surface area contributed by atoms with Gasteiger partial charge in [-0.1, -0.05) is 12.1 Å². The van der Waals surface area contributed by atoms with Crippen molar-refractivity contribution in [3.8, 4) is 5.75 Å². The quantitative estimate of drug-likeness (QED) is 0.381. The molecule has 0 radical (unpaired) electrons. The minimum Gasteiger partial charge on any atom is -0.508 e. The summed E-state index contributed by atoms with van der Waals surface area (Å²) in [7, 11) is 0. The van der Waals surface area contributed by atoms with Gasteiger partial charge in [0.2, 0.25) is 0 Å². The van der Waals surface area contributed by atoms with Gasteiger partial charge >= 0.3 is 0 Å². The molecule has 13 heavy (non-hydrogen) atoms. The third-order valence-corrected chi connectivity index (χ3v) is 1.61. The summed E-state index contributed by atoms with van der Waals surface area (Å²) in [6, 6.07) is 5.30. The summed E-state index contributed by atoms with van der Waals surface area (Å²) in [5.74, 6) is -2.65. The van der Waals surface area contributed by atoms with Crippen LogP contribution in [-0.2, 0) is 0 Å². The molecule has 1 aromatic rings. The standard InChI is InChI=1S/C8H11NO4/c9-8(12,13)7(11)5-1-3-6(10)4-2-5/h1-4,7,10-13H,9H2. The molecule has 0 aliphatic carbocycles. The van der Waals surface area contributed by atoms with Crippen molar-refractivity contribution >= 4 is 0 Å². The molecule has 0 heterocycles. The van der Waals surface area contributed by atoms with E-state index in [1.807, 2.05) is 0 Å². The normalized spacial score (nSPS) is 14.2. The summed E-state index contributed by atoms with van der Waals surface area (Å²) in [6.45, 7) is 0. The van der Waals surface area contributed by atoms with Crippen LogP contribution in [0.5, 0.6) is 5.75 Å². The topological polar surface area (TPSA) is 107 Å². The fourth-order valence-electron chi connectivity index (χ4n) is 0.902. The highest BCUT2D eigenvalue weighted by Crippen LogP contribution is 2.21. The summed E-state index contributed by atoms with van der Waals surface area (Å²) in [5, 5.41) is 35.8. The Labute approximate surface area is 74.7 Å². The number of rotatable bonds is 2. The van der Waals surface area contributed by atoms with Crippen LogP contribution in [0.3, 0.4) is 0 Å². The molecular formula is C8H11NO4. The van der Waals surface area contributed by atoms with E-state index in [-0.39, 0.29) is 11.3 Å². The number of phenols is 1. The summed E-state index contributed by atoms with van der Waals surface area (Å²) < 4.78 is 0. The zero-order chi connectivity index (χ0) is 10.1. The average molecular weight is 185 g/mol. The highest BCUT2D eigenvalue weighted by molar-refractivity contribution is 5.27. The zero-order valence-electron chi connectivity index (χ0n) is 6.75.